The number of nitrogens with one attached hydrogen (secondary N) is 1. The molecule has 17 heavy (non-hydrogen) atoms. The molecule has 0 heterocycles. The van der Waals surface area contributed by atoms with Gasteiger partial charge in [0.2, 0.25) is 5.78 Å². The number of carbonyl (C=O) groups is 1. The van der Waals surface area contributed by atoms with Gasteiger partial charge in [-0.2, -0.15) is 8.42 Å². The van der Waals surface area contributed by atoms with Crippen LogP contribution in [0.25, 0.3) is 0 Å². The van der Waals surface area contributed by atoms with E-state index in [9.17, 15) is 18.3 Å². The largest absolute Gasteiger partial charge is 0.363 e. The Morgan fingerprint density at radius 3 is 2.47 bits per heavy atom. The topological polar surface area (TPSA) is 116 Å². The monoisotopic (exact) mass is 255 g/mol. The molecule has 0 fully saturated rings. The lowest BCUT2D eigenvalue weighted by Crippen LogP contribution is -2.50. The van der Waals surface area contributed by atoms with Gasteiger partial charge < -0.3 is 10.5 Å². The predicted molar refractivity (Wildman–Crippen MR) is 58.3 cm³/mol. The van der Waals surface area contributed by atoms with Gasteiger partial charge in [0.25, 0.3) is 4.93 Å². The minimum absolute atomic E-state index is 0.0627. The van der Waals surface area contributed by atoms with Crippen molar-refractivity contribution in [3.8, 4) is 0 Å². The average molecular weight is 255 g/mol. The van der Waals surface area contributed by atoms with E-state index in [1.54, 1.807) is 6.07 Å². The fourth-order valence-electron chi connectivity index (χ4n) is 1.86. The van der Waals surface area contributed by atoms with Crippen LogP contribution in [0.15, 0.2) is 24.3 Å². The van der Waals surface area contributed by atoms with E-state index >= 15 is 0 Å². The van der Waals surface area contributed by atoms with Gasteiger partial charge >= 0.3 is 10.1 Å². The highest BCUT2D eigenvalue weighted by molar-refractivity contribution is 7.87. The number of Topliss-reactive ketones (excluding diaryl/α,β-unsaturated/α-hetero) is 1. The summed E-state index contributed by atoms with van der Waals surface area (Å²) in [5.74, 6) is -1.31. The number of benzene rings is 1. The maximum atomic E-state index is 11.6. The summed E-state index contributed by atoms with van der Waals surface area (Å²) in [6.07, 6.45) is -0.0627. The van der Waals surface area contributed by atoms with E-state index in [0.717, 1.165) is 0 Å². The fraction of sp³-hybridized carbons (Fsp3) is 0.200. The summed E-state index contributed by atoms with van der Waals surface area (Å²) in [5, 5.41) is 17.3. The molecule has 0 aromatic heterocycles. The predicted octanol–water partition coefficient (Wildman–Crippen LogP) is -0.136. The van der Waals surface area contributed by atoms with Gasteiger partial charge in [0.1, 0.15) is 0 Å². The summed E-state index contributed by atoms with van der Waals surface area (Å²) in [6.45, 7) is 0. The average Bonchev–Trinajstić information content (AvgIpc) is 2.24. The third-order valence-electron chi connectivity index (χ3n) is 2.70. The molecular formula is C10H9NO5S. The van der Waals surface area contributed by atoms with Gasteiger partial charge in [-0.05, 0) is 5.56 Å². The molecule has 0 saturated heterocycles. The zero-order valence-corrected chi connectivity index (χ0v) is 9.36. The third kappa shape index (κ3) is 1.51. The van der Waals surface area contributed by atoms with E-state index < -0.39 is 26.5 Å². The van der Waals surface area contributed by atoms with Crippen LogP contribution in [0.2, 0.25) is 0 Å². The molecule has 2 rings (SSSR count). The summed E-state index contributed by atoms with van der Waals surface area (Å²) < 4.78 is 31.5. The van der Waals surface area contributed by atoms with Gasteiger partial charge in [-0.3, -0.25) is 9.35 Å². The van der Waals surface area contributed by atoms with Gasteiger partial charge in [0, 0.05) is 12.0 Å². The van der Waals surface area contributed by atoms with Crippen molar-refractivity contribution < 1.29 is 22.9 Å². The molecule has 1 aliphatic carbocycles. The third-order valence-corrected chi connectivity index (χ3v) is 3.86. The number of hydrogen-bond donors (Lipinski definition) is 3. The molecule has 0 saturated carbocycles. The lowest BCUT2D eigenvalue weighted by Gasteiger charge is -2.30. The maximum Gasteiger partial charge on any atom is 0.307 e. The zero-order valence-electron chi connectivity index (χ0n) is 8.54. The van der Waals surface area contributed by atoms with Crippen LogP contribution in [-0.4, -0.2) is 29.6 Å². The van der Waals surface area contributed by atoms with Crippen molar-refractivity contribution in [2.24, 2.45) is 0 Å². The second-order valence-corrected chi connectivity index (χ2v) is 5.30. The van der Waals surface area contributed by atoms with Crippen molar-refractivity contribution in [1.82, 2.24) is 0 Å². The Labute approximate surface area is 97.2 Å². The van der Waals surface area contributed by atoms with Crippen LogP contribution in [-0.2, 0) is 26.3 Å². The Morgan fingerprint density at radius 1 is 1.29 bits per heavy atom. The molecule has 6 nitrogen and oxygen atoms in total. The number of carbonyl (C=O) groups excluding carboxylic acids is 1. The molecule has 3 N–H and O–H groups in total. The van der Waals surface area contributed by atoms with E-state index in [4.69, 9.17) is 9.96 Å². The molecule has 1 aliphatic rings. The number of rotatable bonds is 1. The highest BCUT2D eigenvalue weighted by atomic mass is 32.2. The quantitative estimate of drug-likeness (QED) is 0.604. The molecule has 0 amide bonds. The first kappa shape index (κ1) is 11.9. The van der Waals surface area contributed by atoms with Crippen LogP contribution in [0, 0.1) is 5.41 Å². The maximum absolute atomic E-state index is 11.6. The van der Waals surface area contributed by atoms with Crippen molar-refractivity contribution in [3.05, 3.63) is 35.4 Å². The molecule has 0 aliphatic heterocycles. The highest BCUT2D eigenvalue weighted by Gasteiger charge is 2.54. The summed E-state index contributed by atoms with van der Waals surface area (Å²) in [5.41, 5.74) is -0.412. The molecule has 0 spiro atoms. The Morgan fingerprint density at radius 2 is 1.88 bits per heavy atom. The zero-order chi connectivity index (χ0) is 12.8. The van der Waals surface area contributed by atoms with Gasteiger partial charge in [0.15, 0.2) is 0 Å². The Bertz CT molecular complexity index is 621. The molecule has 1 aromatic rings. The van der Waals surface area contributed by atoms with Gasteiger partial charge in [-0.15, -0.1) is 0 Å². The van der Waals surface area contributed by atoms with Crippen LogP contribution < -0.4 is 0 Å². The Kier molecular flexibility index (Phi) is 2.42. The fourth-order valence-corrected chi connectivity index (χ4v) is 2.69. The number of ketones is 1. The lowest BCUT2D eigenvalue weighted by molar-refractivity contribution is -0.124. The first-order valence-corrected chi connectivity index (χ1v) is 6.12. The minimum Gasteiger partial charge on any atom is -0.363 e. The van der Waals surface area contributed by atoms with Crippen LogP contribution in [0.1, 0.15) is 11.1 Å². The second kappa shape index (κ2) is 3.46. The number of fused-ring (bicyclic) bond motifs is 1. The Hall–Kier alpha value is -1.57. The molecule has 1 unspecified atom stereocenters. The first-order valence-electron chi connectivity index (χ1n) is 4.68. The standard InChI is InChI=1S/C10H9NO5S/c11-8-5-6-3-1-2-4-7(6)10(13,9(8)12)17(14,15)16/h1-4,11,13H,5H2,(H,14,15,16). The van der Waals surface area contributed by atoms with E-state index in [2.05, 4.69) is 0 Å². The molecule has 0 bridgehead atoms. The number of aliphatic hydroxyl groups is 1. The van der Waals surface area contributed by atoms with Crippen molar-refractivity contribution in [3.63, 3.8) is 0 Å². The molecule has 1 aromatic carbocycles. The minimum atomic E-state index is -5.06. The Balaban J connectivity index is 2.83. The lowest BCUT2D eigenvalue weighted by atomic mass is 9.86. The summed E-state index contributed by atoms with van der Waals surface area (Å²) >= 11 is 0. The first-order chi connectivity index (χ1) is 7.78. The van der Waals surface area contributed by atoms with Crippen molar-refractivity contribution in [1.29, 1.82) is 5.41 Å². The van der Waals surface area contributed by atoms with E-state index in [1.807, 2.05) is 0 Å². The SMILES string of the molecule is N=C1Cc2ccccc2C(O)(S(=O)(=O)O)C1=O. The van der Waals surface area contributed by atoms with Crippen molar-refractivity contribution in [2.45, 2.75) is 11.4 Å². The van der Waals surface area contributed by atoms with Crippen LogP contribution in [0.3, 0.4) is 0 Å². The number of hydrogen-bond acceptors (Lipinski definition) is 5. The molecule has 90 valence electrons. The van der Waals surface area contributed by atoms with Gasteiger partial charge in [0.05, 0.1) is 5.71 Å². The normalized spacial score (nSPS) is 24.6. The molecule has 7 heteroatoms. The summed E-state index contributed by atoms with van der Waals surface area (Å²) in [4.78, 5) is 8.59. The van der Waals surface area contributed by atoms with Crippen molar-refractivity contribution >= 4 is 21.6 Å². The molecule has 0 radical (unpaired) electrons. The van der Waals surface area contributed by atoms with Crippen LogP contribution >= 0.6 is 0 Å². The summed E-state index contributed by atoms with van der Waals surface area (Å²) in [7, 11) is -5.06. The summed E-state index contributed by atoms with van der Waals surface area (Å²) in [6, 6.07) is 5.77. The van der Waals surface area contributed by atoms with E-state index in [0.29, 0.717) is 5.56 Å². The van der Waals surface area contributed by atoms with Gasteiger partial charge in [-0.25, -0.2) is 0 Å². The van der Waals surface area contributed by atoms with E-state index in [1.165, 1.54) is 18.2 Å². The van der Waals surface area contributed by atoms with Gasteiger partial charge in [-0.1, -0.05) is 24.3 Å². The smallest absolute Gasteiger partial charge is 0.307 e. The molecule has 1 atom stereocenters. The van der Waals surface area contributed by atoms with E-state index in [-0.39, 0.29) is 12.0 Å². The van der Waals surface area contributed by atoms with Crippen molar-refractivity contribution in [2.75, 3.05) is 0 Å². The molecular weight excluding hydrogens is 246 g/mol. The van der Waals surface area contributed by atoms with Crippen LogP contribution in [0.5, 0.6) is 0 Å². The second-order valence-electron chi connectivity index (χ2n) is 3.76. The highest BCUT2D eigenvalue weighted by Crippen LogP contribution is 2.35. The van der Waals surface area contributed by atoms with Crippen LogP contribution in [0.4, 0.5) is 0 Å².